The molecule has 0 spiro atoms. The highest BCUT2D eigenvalue weighted by Gasteiger charge is 2.03. The van der Waals surface area contributed by atoms with Crippen molar-refractivity contribution in [2.24, 2.45) is 0 Å². The van der Waals surface area contributed by atoms with Crippen molar-refractivity contribution in [1.82, 2.24) is 0 Å². The minimum atomic E-state index is -1.22. The third kappa shape index (κ3) is 3.53. The maximum atomic E-state index is 12.8. The van der Waals surface area contributed by atoms with Crippen molar-refractivity contribution in [3.8, 4) is 0 Å². The zero-order valence-corrected chi connectivity index (χ0v) is 8.53. The molecule has 0 heterocycles. The fraction of sp³-hybridized carbons (Fsp3) is 0.0909. The van der Waals surface area contributed by atoms with E-state index >= 15 is 0 Å². The second-order valence-corrected chi connectivity index (χ2v) is 3.12. The second kappa shape index (κ2) is 5.06. The molecule has 0 saturated carbocycles. The van der Waals surface area contributed by atoms with E-state index in [1.54, 1.807) is 6.92 Å². The van der Waals surface area contributed by atoms with E-state index in [1.165, 1.54) is 18.2 Å². The number of aryl methyl sites for hydroxylation is 1. The number of carboxylic acid groups (broad SMARTS) is 1. The van der Waals surface area contributed by atoms with Gasteiger partial charge in [-0.1, -0.05) is 6.07 Å². The Bertz CT molecular complexity index is 455. The number of aliphatic carboxylic acids is 1. The van der Waals surface area contributed by atoms with E-state index in [0.29, 0.717) is 17.3 Å². The number of carbonyl (C=O) groups is 2. The lowest BCUT2D eigenvalue weighted by Gasteiger charge is -2.05. The molecule has 0 unspecified atom stereocenters. The summed E-state index contributed by atoms with van der Waals surface area (Å²) < 4.78 is 12.8. The van der Waals surface area contributed by atoms with Crippen LogP contribution in [-0.2, 0) is 9.59 Å². The molecule has 0 aliphatic heterocycles. The number of anilines is 1. The van der Waals surface area contributed by atoms with Gasteiger partial charge in [-0.2, -0.15) is 0 Å². The minimum Gasteiger partial charge on any atom is -0.478 e. The summed E-state index contributed by atoms with van der Waals surface area (Å²) >= 11 is 0. The lowest BCUT2D eigenvalue weighted by molar-refractivity contribution is -0.131. The van der Waals surface area contributed by atoms with Gasteiger partial charge >= 0.3 is 5.97 Å². The van der Waals surface area contributed by atoms with Crippen molar-refractivity contribution in [2.75, 3.05) is 5.32 Å². The maximum absolute atomic E-state index is 12.8. The van der Waals surface area contributed by atoms with Crippen LogP contribution in [0, 0.1) is 12.7 Å². The molecule has 0 aliphatic rings. The Hall–Kier alpha value is -2.17. The fourth-order valence-electron chi connectivity index (χ4n) is 1.05. The van der Waals surface area contributed by atoms with Gasteiger partial charge in [0.25, 0.3) is 0 Å². The van der Waals surface area contributed by atoms with E-state index in [2.05, 4.69) is 5.32 Å². The molecule has 5 heteroatoms. The van der Waals surface area contributed by atoms with Gasteiger partial charge in [-0.3, -0.25) is 4.79 Å². The zero-order valence-electron chi connectivity index (χ0n) is 8.53. The normalized spacial score (nSPS) is 10.4. The number of nitrogens with one attached hydrogen (secondary N) is 1. The van der Waals surface area contributed by atoms with Crippen LogP contribution in [0.2, 0.25) is 0 Å². The first-order chi connectivity index (χ1) is 7.49. The molecule has 2 N–H and O–H groups in total. The highest BCUT2D eigenvalue weighted by Crippen LogP contribution is 2.15. The summed E-state index contributed by atoms with van der Waals surface area (Å²) in [7, 11) is 0. The Labute approximate surface area is 91.4 Å². The smallest absolute Gasteiger partial charge is 0.328 e. The van der Waals surface area contributed by atoms with E-state index in [4.69, 9.17) is 5.11 Å². The zero-order chi connectivity index (χ0) is 12.1. The van der Waals surface area contributed by atoms with Gasteiger partial charge in [-0.05, 0) is 24.6 Å². The van der Waals surface area contributed by atoms with Crippen molar-refractivity contribution in [2.45, 2.75) is 6.92 Å². The predicted octanol–water partition coefficient (Wildman–Crippen LogP) is 1.71. The minimum absolute atomic E-state index is 0.319. The monoisotopic (exact) mass is 223 g/mol. The van der Waals surface area contributed by atoms with Crippen LogP contribution >= 0.6 is 0 Å². The lowest BCUT2D eigenvalue weighted by atomic mass is 10.2. The topological polar surface area (TPSA) is 66.4 Å². The molecule has 4 nitrogen and oxygen atoms in total. The molecule has 0 aliphatic carbocycles. The van der Waals surface area contributed by atoms with Crippen LogP contribution in [0.4, 0.5) is 10.1 Å². The highest BCUT2D eigenvalue weighted by molar-refractivity contribution is 6.02. The summed E-state index contributed by atoms with van der Waals surface area (Å²) in [6, 6.07) is 3.96. The molecule has 0 atom stereocenters. The van der Waals surface area contributed by atoms with Crippen molar-refractivity contribution in [3.63, 3.8) is 0 Å². The van der Waals surface area contributed by atoms with Crippen LogP contribution < -0.4 is 5.32 Å². The van der Waals surface area contributed by atoms with Gasteiger partial charge in [0, 0.05) is 17.8 Å². The SMILES string of the molecule is Cc1ccc(F)cc1NC(=O)C=CC(=O)O. The predicted molar refractivity (Wildman–Crippen MR) is 56.5 cm³/mol. The van der Waals surface area contributed by atoms with Crippen molar-refractivity contribution in [3.05, 3.63) is 41.7 Å². The molecule has 1 amide bonds. The van der Waals surface area contributed by atoms with Crippen LogP contribution in [0.25, 0.3) is 0 Å². The molecule has 1 rings (SSSR count). The first-order valence-corrected chi connectivity index (χ1v) is 4.47. The second-order valence-electron chi connectivity index (χ2n) is 3.12. The van der Waals surface area contributed by atoms with Crippen LogP contribution in [0.1, 0.15) is 5.56 Å². The standard InChI is InChI=1S/C11H10FNO3/c1-7-2-3-8(12)6-9(7)13-10(14)4-5-11(15)16/h2-6H,1H3,(H,13,14)(H,15,16). The Morgan fingerprint density at radius 1 is 1.38 bits per heavy atom. The largest absolute Gasteiger partial charge is 0.478 e. The molecule has 0 bridgehead atoms. The van der Waals surface area contributed by atoms with Gasteiger partial charge in [0.05, 0.1) is 0 Å². The molecule has 0 radical (unpaired) electrons. The molecule has 84 valence electrons. The van der Waals surface area contributed by atoms with Crippen molar-refractivity contribution in [1.29, 1.82) is 0 Å². The van der Waals surface area contributed by atoms with E-state index < -0.39 is 17.7 Å². The number of carboxylic acids is 1. The van der Waals surface area contributed by atoms with Gasteiger partial charge in [0.2, 0.25) is 5.91 Å². The van der Waals surface area contributed by atoms with E-state index in [-0.39, 0.29) is 0 Å². The number of benzene rings is 1. The number of halogens is 1. The van der Waals surface area contributed by atoms with Gasteiger partial charge in [-0.25, -0.2) is 9.18 Å². The number of hydrogen-bond donors (Lipinski definition) is 2. The average molecular weight is 223 g/mol. The quantitative estimate of drug-likeness (QED) is 0.766. The first-order valence-electron chi connectivity index (χ1n) is 4.47. The summed E-state index contributed by atoms with van der Waals surface area (Å²) in [5, 5.41) is 10.7. The summed E-state index contributed by atoms with van der Waals surface area (Å²) in [5.74, 6) is -2.30. The van der Waals surface area contributed by atoms with Crippen LogP contribution in [-0.4, -0.2) is 17.0 Å². The molecule has 0 aromatic heterocycles. The molecule has 16 heavy (non-hydrogen) atoms. The average Bonchev–Trinajstić information content (AvgIpc) is 2.20. The molecule has 0 fully saturated rings. The third-order valence-electron chi connectivity index (χ3n) is 1.83. The molecular formula is C11H10FNO3. The summed E-state index contributed by atoms with van der Waals surface area (Å²) in [4.78, 5) is 21.3. The summed E-state index contributed by atoms with van der Waals surface area (Å²) in [5.41, 5.74) is 1.01. The van der Waals surface area contributed by atoms with Crippen LogP contribution in [0.5, 0.6) is 0 Å². The Balaban J connectivity index is 2.77. The maximum Gasteiger partial charge on any atom is 0.328 e. The van der Waals surface area contributed by atoms with E-state index in [1.807, 2.05) is 0 Å². The van der Waals surface area contributed by atoms with Gasteiger partial charge < -0.3 is 10.4 Å². The summed E-state index contributed by atoms with van der Waals surface area (Å²) in [6.45, 7) is 1.70. The Morgan fingerprint density at radius 2 is 2.06 bits per heavy atom. The highest BCUT2D eigenvalue weighted by atomic mass is 19.1. The lowest BCUT2D eigenvalue weighted by Crippen LogP contribution is -2.10. The van der Waals surface area contributed by atoms with Gasteiger partial charge in [-0.15, -0.1) is 0 Å². The number of amides is 1. The molecule has 1 aromatic rings. The van der Waals surface area contributed by atoms with Crippen molar-refractivity contribution >= 4 is 17.6 Å². The van der Waals surface area contributed by atoms with E-state index in [9.17, 15) is 14.0 Å². The van der Waals surface area contributed by atoms with Gasteiger partial charge in [0.15, 0.2) is 0 Å². The van der Waals surface area contributed by atoms with Crippen LogP contribution in [0.3, 0.4) is 0 Å². The fourth-order valence-corrected chi connectivity index (χ4v) is 1.05. The first kappa shape index (κ1) is 11.9. The number of hydrogen-bond acceptors (Lipinski definition) is 2. The van der Waals surface area contributed by atoms with Crippen LogP contribution in [0.15, 0.2) is 30.4 Å². The Morgan fingerprint density at radius 3 is 2.69 bits per heavy atom. The third-order valence-corrected chi connectivity index (χ3v) is 1.83. The number of carbonyl (C=O) groups excluding carboxylic acids is 1. The van der Waals surface area contributed by atoms with E-state index in [0.717, 1.165) is 6.08 Å². The Kier molecular flexibility index (Phi) is 3.77. The van der Waals surface area contributed by atoms with Gasteiger partial charge in [0.1, 0.15) is 5.82 Å². The summed E-state index contributed by atoms with van der Waals surface area (Å²) in [6.07, 6.45) is 1.58. The van der Waals surface area contributed by atoms with Crippen molar-refractivity contribution < 1.29 is 19.1 Å². The molecule has 0 saturated heterocycles. The molecular weight excluding hydrogens is 213 g/mol. The molecule has 1 aromatic carbocycles. The number of rotatable bonds is 3.